The number of aliphatic carboxylic acids is 2. The first-order chi connectivity index (χ1) is 9.43. The fourth-order valence-corrected chi connectivity index (χ4v) is 1.54. The normalized spacial score (nSPS) is 10.9. The van der Waals surface area contributed by atoms with Gasteiger partial charge in [0.25, 0.3) is 5.91 Å². The van der Waals surface area contributed by atoms with Crippen LogP contribution >= 0.6 is 0 Å². The first-order valence-corrected chi connectivity index (χ1v) is 5.93. The summed E-state index contributed by atoms with van der Waals surface area (Å²) in [7, 11) is 1.72. The molecule has 0 aromatic heterocycles. The molecule has 21 heavy (non-hydrogen) atoms. The van der Waals surface area contributed by atoms with Gasteiger partial charge < -0.3 is 30.4 Å². The Hall–Kier alpha value is -1.80. The standard InChI is InChI=1S/C13H16N2O5.Mg/c1-14-9-4-2-8(3-5-9)12(18)15-10(13(19)20)6-7-11(16)17;/h2-5,10,14H,6-7H2,1H3,(H,15,18)(H,16,17)(H,19,20);/q;+2/p-2/t10-;/m0./s1. The molecule has 1 aromatic carbocycles. The van der Waals surface area contributed by atoms with Crippen LogP contribution in [0.15, 0.2) is 24.3 Å². The van der Waals surface area contributed by atoms with E-state index in [1.165, 1.54) is 12.1 Å². The van der Waals surface area contributed by atoms with Gasteiger partial charge in [0.15, 0.2) is 0 Å². The summed E-state index contributed by atoms with van der Waals surface area (Å²) in [5, 5.41) is 26.2. The van der Waals surface area contributed by atoms with E-state index in [1.54, 1.807) is 19.2 Å². The van der Waals surface area contributed by atoms with E-state index >= 15 is 0 Å². The smallest absolute Gasteiger partial charge is 0.550 e. The molecular formula is C13H14MgN2O5. The van der Waals surface area contributed by atoms with Crippen molar-refractivity contribution in [3.8, 4) is 0 Å². The van der Waals surface area contributed by atoms with Gasteiger partial charge in [-0.2, -0.15) is 0 Å². The van der Waals surface area contributed by atoms with Crippen molar-refractivity contribution in [2.24, 2.45) is 0 Å². The van der Waals surface area contributed by atoms with Crippen molar-refractivity contribution < 1.29 is 24.6 Å². The van der Waals surface area contributed by atoms with Crippen molar-refractivity contribution >= 4 is 46.6 Å². The summed E-state index contributed by atoms with van der Waals surface area (Å²) < 4.78 is 0. The Morgan fingerprint density at radius 2 is 1.71 bits per heavy atom. The maximum atomic E-state index is 11.8. The molecule has 7 nitrogen and oxygen atoms in total. The molecule has 0 spiro atoms. The van der Waals surface area contributed by atoms with Gasteiger partial charge in [0.05, 0.1) is 12.0 Å². The van der Waals surface area contributed by atoms with Crippen LogP contribution in [0.25, 0.3) is 0 Å². The summed E-state index contributed by atoms with van der Waals surface area (Å²) in [6, 6.07) is 4.98. The van der Waals surface area contributed by atoms with E-state index in [0.717, 1.165) is 5.69 Å². The van der Waals surface area contributed by atoms with Crippen molar-refractivity contribution in [2.45, 2.75) is 18.9 Å². The summed E-state index contributed by atoms with van der Waals surface area (Å²) >= 11 is 0. The molecule has 0 aliphatic rings. The van der Waals surface area contributed by atoms with Gasteiger partial charge in [-0.05, 0) is 37.1 Å². The van der Waals surface area contributed by atoms with Gasteiger partial charge in [-0.3, -0.25) is 4.79 Å². The molecule has 8 heteroatoms. The van der Waals surface area contributed by atoms with Crippen LogP contribution < -0.4 is 20.8 Å². The van der Waals surface area contributed by atoms with Crippen molar-refractivity contribution in [3.63, 3.8) is 0 Å². The molecule has 0 bridgehead atoms. The first kappa shape index (κ1) is 19.2. The number of nitrogens with one attached hydrogen (secondary N) is 2. The van der Waals surface area contributed by atoms with E-state index in [0.29, 0.717) is 0 Å². The van der Waals surface area contributed by atoms with E-state index in [2.05, 4.69) is 10.6 Å². The predicted molar refractivity (Wildman–Crippen MR) is 72.2 cm³/mol. The Kier molecular flexibility index (Phi) is 8.40. The molecule has 0 unspecified atom stereocenters. The molecule has 1 atom stereocenters. The fourth-order valence-electron chi connectivity index (χ4n) is 1.54. The Balaban J connectivity index is 0.00000400. The molecular weight excluding hydrogens is 288 g/mol. The summed E-state index contributed by atoms with van der Waals surface area (Å²) in [6.07, 6.45) is -0.761. The van der Waals surface area contributed by atoms with Crippen LogP contribution in [0.3, 0.4) is 0 Å². The van der Waals surface area contributed by atoms with E-state index in [1.807, 2.05) is 0 Å². The predicted octanol–water partition coefficient (Wildman–Crippen LogP) is -2.27. The molecule has 1 rings (SSSR count). The second kappa shape index (κ2) is 9.19. The van der Waals surface area contributed by atoms with Crippen LogP contribution in [-0.2, 0) is 9.59 Å². The minimum atomic E-state index is -1.54. The van der Waals surface area contributed by atoms with Crippen molar-refractivity contribution in [2.75, 3.05) is 12.4 Å². The molecule has 2 N–H and O–H groups in total. The number of anilines is 1. The largest absolute Gasteiger partial charge is 2.00 e. The SMILES string of the molecule is CNc1ccc(C(=O)N[C@@H](CCC(=O)[O-])C(=O)[O-])cc1.[Mg+2]. The Morgan fingerprint density at radius 3 is 2.14 bits per heavy atom. The zero-order valence-corrected chi connectivity index (χ0v) is 13.0. The Bertz CT molecular complexity index is 504. The zero-order valence-electron chi connectivity index (χ0n) is 11.5. The van der Waals surface area contributed by atoms with Crippen molar-refractivity contribution in [1.82, 2.24) is 5.32 Å². The molecule has 0 saturated heterocycles. The number of benzene rings is 1. The van der Waals surface area contributed by atoms with Gasteiger partial charge in [0.1, 0.15) is 0 Å². The minimum absolute atomic E-state index is 0. The average molecular weight is 303 g/mol. The molecule has 1 aromatic rings. The van der Waals surface area contributed by atoms with Crippen LogP contribution in [0.4, 0.5) is 5.69 Å². The number of hydrogen-bond donors (Lipinski definition) is 2. The molecule has 0 saturated carbocycles. The number of carbonyl (C=O) groups excluding carboxylic acids is 3. The van der Waals surface area contributed by atoms with Gasteiger partial charge >= 0.3 is 23.1 Å². The monoisotopic (exact) mass is 302 g/mol. The molecule has 1 amide bonds. The summed E-state index contributed by atoms with van der Waals surface area (Å²) in [5.74, 6) is -3.53. The Labute approximate surface area is 137 Å². The zero-order chi connectivity index (χ0) is 15.1. The molecule has 108 valence electrons. The maximum Gasteiger partial charge on any atom is 2.00 e. The first-order valence-electron chi connectivity index (χ1n) is 5.93. The average Bonchev–Trinajstić information content (AvgIpc) is 2.42. The van der Waals surface area contributed by atoms with Crippen LogP contribution in [0.2, 0.25) is 0 Å². The van der Waals surface area contributed by atoms with E-state index in [4.69, 9.17) is 0 Å². The third-order valence-corrected chi connectivity index (χ3v) is 2.66. The van der Waals surface area contributed by atoms with Crippen LogP contribution in [0.1, 0.15) is 23.2 Å². The number of carboxylic acid groups (broad SMARTS) is 2. The molecule has 0 aliphatic heterocycles. The Morgan fingerprint density at radius 1 is 1.14 bits per heavy atom. The number of carboxylic acids is 2. The van der Waals surface area contributed by atoms with Gasteiger partial charge in [0.2, 0.25) is 0 Å². The van der Waals surface area contributed by atoms with Gasteiger partial charge in [-0.25, -0.2) is 0 Å². The summed E-state index contributed by atoms with van der Waals surface area (Å²) in [6.45, 7) is 0. The van der Waals surface area contributed by atoms with E-state index < -0.39 is 30.3 Å². The minimum Gasteiger partial charge on any atom is -0.550 e. The fraction of sp³-hybridized carbons (Fsp3) is 0.308. The van der Waals surface area contributed by atoms with Crippen molar-refractivity contribution in [3.05, 3.63) is 29.8 Å². The van der Waals surface area contributed by atoms with Crippen molar-refractivity contribution in [1.29, 1.82) is 0 Å². The van der Waals surface area contributed by atoms with E-state index in [-0.39, 0.29) is 35.0 Å². The third kappa shape index (κ3) is 6.45. The van der Waals surface area contributed by atoms with Crippen LogP contribution in [0.5, 0.6) is 0 Å². The summed E-state index contributed by atoms with van der Waals surface area (Å²) in [5.41, 5.74) is 1.07. The van der Waals surface area contributed by atoms with Crippen LogP contribution in [0, 0.1) is 0 Å². The number of hydrogen-bond acceptors (Lipinski definition) is 6. The second-order valence-electron chi connectivity index (χ2n) is 4.08. The van der Waals surface area contributed by atoms with Crippen LogP contribution in [-0.4, -0.2) is 54.0 Å². The van der Waals surface area contributed by atoms with E-state index in [9.17, 15) is 24.6 Å². The summed E-state index contributed by atoms with van der Waals surface area (Å²) in [4.78, 5) is 33.0. The van der Waals surface area contributed by atoms with Gasteiger partial charge in [-0.15, -0.1) is 0 Å². The van der Waals surface area contributed by atoms with Gasteiger partial charge in [-0.1, -0.05) is 0 Å². The molecule has 0 aliphatic carbocycles. The molecule has 0 heterocycles. The second-order valence-corrected chi connectivity index (χ2v) is 4.08. The number of carbonyl (C=O) groups is 3. The topological polar surface area (TPSA) is 121 Å². The molecule has 0 radical (unpaired) electrons. The van der Waals surface area contributed by atoms with Gasteiger partial charge in [0, 0.05) is 24.3 Å². The number of amides is 1. The molecule has 0 fully saturated rings. The quantitative estimate of drug-likeness (QED) is 0.548. The number of rotatable bonds is 7. The maximum absolute atomic E-state index is 11.8. The third-order valence-electron chi connectivity index (χ3n) is 2.66.